The van der Waals surface area contributed by atoms with Crippen molar-refractivity contribution in [3.63, 3.8) is 0 Å². The molecule has 0 aromatic heterocycles. The van der Waals surface area contributed by atoms with E-state index in [1.54, 1.807) is 0 Å². The van der Waals surface area contributed by atoms with E-state index in [-0.39, 0.29) is 0 Å². The van der Waals surface area contributed by atoms with E-state index >= 15 is 0 Å². The summed E-state index contributed by atoms with van der Waals surface area (Å²) in [4.78, 5) is 2.73. The maximum absolute atomic E-state index is 3.61. The van der Waals surface area contributed by atoms with E-state index in [4.69, 9.17) is 0 Å². The van der Waals surface area contributed by atoms with Crippen LogP contribution in [0.4, 0.5) is 0 Å². The predicted molar refractivity (Wildman–Crippen MR) is 60.5 cm³/mol. The molecule has 82 valence electrons. The number of likely N-dealkylation sites (tertiary alicyclic amines) is 1. The van der Waals surface area contributed by atoms with Crippen molar-refractivity contribution in [2.75, 3.05) is 19.6 Å². The normalized spacial score (nSPS) is 35.6. The molecule has 1 N–H and O–H groups in total. The lowest BCUT2D eigenvalue weighted by Crippen LogP contribution is -2.53. The molecule has 0 spiro atoms. The molecule has 2 atom stereocenters. The lowest BCUT2D eigenvalue weighted by molar-refractivity contribution is 0.0639. The van der Waals surface area contributed by atoms with Crippen LogP contribution in [0.2, 0.25) is 0 Å². The first kappa shape index (κ1) is 10.4. The average molecular weight is 196 g/mol. The minimum Gasteiger partial charge on any atom is -0.313 e. The fourth-order valence-electron chi connectivity index (χ4n) is 2.88. The van der Waals surface area contributed by atoms with E-state index in [1.165, 1.54) is 38.8 Å². The topological polar surface area (TPSA) is 15.3 Å². The third-order valence-corrected chi connectivity index (χ3v) is 3.77. The summed E-state index contributed by atoms with van der Waals surface area (Å²) < 4.78 is 0. The molecule has 1 aliphatic heterocycles. The van der Waals surface area contributed by atoms with Crippen LogP contribution in [0.5, 0.6) is 0 Å². The van der Waals surface area contributed by atoms with Gasteiger partial charge in [0.25, 0.3) is 0 Å². The number of hydrogen-bond donors (Lipinski definition) is 1. The third kappa shape index (κ3) is 2.29. The van der Waals surface area contributed by atoms with Gasteiger partial charge in [0.15, 0.2) is 0 Å². The van der Waals surface area contributed by atoms with Crippen molar-refractivity contribution in [3.05, 3.63) is 0 Å². The Balaban J connectivity index is 1.85. The van der Waals surface area contributed by atoms with Crippen LogP contribution in [0, 0.1) is 5.92 Å². The Morgan fingerprint density at radius 2 is 2.07 bits per heavy atom. The van der Waals surface area contributed by atoms with Gasteiger partial charge in [-0.3, -0.25) is 4.90 Å². The van der Waals surface area contributed by atoms with Crippen LogP contribution in [-0.4, -0.2) is 36.6 Å². The van der Waals surface area contributed by atoms with Crippen molar-refractivity contribution in [1.82, 2.24) is 10.2 Å². The van der Waals surface area contributed by atoms with Gasteiger partial charge in [-0.2, -0.15) is 0 Å². The molecule has 1 saturated heterocycles. The molecule has 0 radical (unpaired) electrons. The second-order valence-corrected chi connectivity index (χ2v) is 5.13. The van der Waals surface area contributed by atoms with Gasteiger partial charge in [-0.15, -0.1) is 0 Å². The molecule has 2 aliphatic rings. The molecule has 2 fully saturated rings. The first-order valence-electron chi connectivity index (χ1n) is 6.27. The van der Waals surface area contributed by atoms with Gasteiger partial charge in [0.05, 0.1) is 0 Å². The largest absolute Gasteiger partial charge is 0.313 e. The molecule has 14 heavy (non-hydrogen) atoms. The Morgan fingerprint density at radius 1 is 1.29 bits per heavy atom. The molecule has 2 rings (SSSR count). The second-order valence-electron chi connectivity index (χ2n) is 5.13. The van der Waals surface area contributed by atoms with Gasteiger partial charge in [0.1, 0.15) is 0 Å². The van der Waals surface area contributed by atoms with Gasteiger partial charge in [-0.1, -0.05) is 20.3 Å². The Kier molecular flexibility index (Phi) is 3.45. The predicted octanol–water partition coefficient (Wildman–Crippen LogP) is 1.86. The van der Waals surface area contributed by atoms with Gasteiger partial charge in [0.2, 0.25) is 0 Å². The molecule has 2 heteroatoms. The fourth-order valence-corrected chi connectivity index (χ4v) is 2.88. The summed E-state index contributed by atoms with van der Waals surface area (Å²) in [6.45, 7) is 8.37. The molecule has 1 aliphatic carbocycles. The average Bonchev–Trinajstić information content (AvgIpc) is 1.99. The zero-order chi connectivity index (χ0) is 9.97. The third-order valence-electron chi connectivity index (χ3n) is 3.77. The van der Waals surface area contributed by atoms with Crippen molar-refractivity contribution >= 4 is 0 Å². The Labute approximate surface area is 88.1 Å². The van der Waals surface area contributed by atoms with E-state index in [0.29, 0.717) is 0 Å². The summed E-state index contributed by atoms with van der Waals surface area (Å²) in [5.41, 5.74) is 0. The number of nitrogens with zero attached hydrogens (tertiary/aromatic N) is 1. The van der Waals surface area contributed by atoms with Gasteiger partial charge in [-0.25, -0.2) is 0 Å². The molecular formula is C12H24N2. The Hall–Kier alpha value is -0.0800. The standard InChI is InChI=1S/C12H24N2/c1-3-13-11-7-10(2)8-14(9-11)12-5-4-6-12/h10-13H,3-9H2,1-2H3. The van der Waals surface area contributed by atoms with E-state index in [9.17, 15) is 0 Å². The van der Waals surface area contributed by atoms with Crippen molar-refractivity contribution in [1.29, 1.82) is 0 Å². The van der Waals surface area contributed by atoms with Crippen LogP contribution < -0.4 is 5.32 Å². The first-order valence-corrected chi connectivity index (χ1v) is 6.27. The molecule has 2 nitrogen and oxygen atoms in total. The van der Waals surface area contributed by atoms with Crippen LogP contribution in [-0.2, 0) is 0 Å². The number of nitrogens with one attached hydrogen (secondary N) is 1. The molecule has 0 bridgehead atoms. The van der Waals surface area contributed by atoms with Crippen LogP contribution in [0.15, 0.2) is 0 Å². The smallest absolute Gasteiger partial charge is 0.0198 e. The Bertz CT molecular complexity index is 177. The zero-order valence-corrected chi connectivity index (χ0v) is 9.63. The first-order chi connectivity index (χ1) is 6.79. The van der Waals surface area contributed by atoms with Gasteiger partial charge >= 0.3 is 0 Å². The van der Waals surface area contributed by atoms with E-state index in [2.05, 4.69) is 24.1 Å². The highest BCUT2D eigenvalue weighted by Gasteiger charge is 2.31. The molecule has 0 aromatic rings. The van der Waals surface area contributed by atoms with Crippen LogP contribution in [0.3, 0.4) is 0 Å². The lowest BCUT2D eigenvalue weighted by Gasteiger charge is -2.44. The zero-order valence-electron chi connectivity index (χ0n) is 9.63. The molecule has 0 aromatic carbocycles. The summed E-state index contributed by atoms with van der Waals surface area (Å²) >= 11 is 0. The highest BCUT2D eigenvalue weighted by atomic mass is 15.2. The van der Waals surface area contributed by atoms with Crippen LogP contribution in [0.1, 0.15) is 39.5 Å². The summed E-state index contributed by atoms with van der Waals surface area (Å²) in [6.07, 6.45) is 5.73. The molecule has 1 heterocycles. The Morgan fingerprint density at radius 3 is 2.64 bits per heavy atom. The van der Waals surface area contributed by atoms with Crippen LogP contribution >= 0.6 is 0 Å². The summed E-state index contributed by atoms with van der Waals surface area (Å²) in [6, 6.07) is 1.68. The summed E-state index contributed by atoms with van der Waals surface area (Å²) in [7, 11) is 0. The maximum atomic E-state index is 3.61. The quantitative estimate of drug-likeness (QED) is 0.741. The van der Waals surface area contributed by atoms with Crippen molar-refractivity contribution in [3.8, 4) is 0 Å². The van der Waals surface area contributed by atoms with E-state index in [1.807, 2.05) is 0 Å². The fraction of sp³-hybridized carbons (Fsp3) is 1.00. The van der Waals surface area contributed by atoms with E-state index < -0.39 is 0 Å². The van der Waals surface area contributed by atoms with Gasteiger partial charge in [-0.05, 0) is 31.7 Å². The van der Waals surface area contributed by atoms with Crippen molar-refractivity contribution in [2.24, 2.45) is 5.92 Å². The minimum atomic E-state index is 0.754. The van der Waals surface area contributed by atoms with Gasteiger partial charge in [0, 0.05) is 25.2 Å². The van der Waals surface area contributed by atoms with Crippen LogP contribution in [0.25, 0.3) is 0 Å². The molecule has 1 saturated carbocycles. The minimum absolute atomic E-state index is 0.754. The van der Waals surface area contributed by atoms with Crippen molar-refractivity contribution in [2.45, 2.75) is 51.6 Å². The second kappa shape index (κ2) is 4.63. The number of piperidine rings is 1. The SMILES string of the molecule is CCNC1CC(C)CN(C2CCC2)C1. The molecule has 0 amide bonds. The maximum Gasteiger partial charge on any atom is 0.0198 e. The monoisotopic (exact) mass is 196 g/mol. The summed E-state index contributed by atoms with van der Waals surface area (Å²) in [5, 5.41) is 3.61. The molecule has 2 unspecified atom stereocenters. The number of hydrogen-bond acceptors (Lipinski definition) is 2. The lowest BCUT2D eigenvalue weighted by atomic mass is 9.87. The number of rotatable bonds is 3. The van der Waals surface area contributed by atoms with Crippen molar-refractivity contribution < 1.29 is 0 Å². The number of likely N-dealkylation sites (N-methyl/N-ethyl adjacent to an activating group) is 1. The summed E-state index contributed by atoms with van der Waals surface area (Å²) in [5.74, 6) is 0.883. The van der Waals surface area contributed by atoms with Gasteiger partial charge < -0.3 is 5.32 Å². The highest BCUT2D eigenvalue weighted by Crippen LogP contribution is 2.28. The highest BCUT2D eigenvalue weighted by molar-refractivity contribution is 4.88. The van der Waals surface area contributed by atoms with E-state index in [0.717, 1.165) is 24.5 Å². The molecular weight excluding hydrogens is 172 g/mol.